The summed E-state index contributed by atoms with van der Waals surface area (Å²) in [6.07, 6.45) is 7.25. The molecule has 170 valence electrons. The highest BCUT2D eigenvalue weighted by Crippen LogP contribution is 2.44. The Labute approximate surface area is 203 Å². The van der Waals surface area contributed by atoms with Crippen molar-refractivity contribution in [3.8, 4) is 22.4 Å². The third kappa shape index (κ3) is 3.44. The Balaban J connectivity index is 1.57. The Bertz CT molecular complexity index is 1510. The van der Waals surface area contributed by atoms with E-state index in [2.05, 4.69) is 68.4 Å². The van der Waals surface area contributed by atoms with Crippen LogP contribution in [0.4, 0.5) is 0 Å². The van der Waals surface area contributed by atoms with Gasteiger partial charge in [0.2, 0.25) is 0 Å². The van der Waals surface area contributed by atoms with Crippen LogP contribution in [0.5, 0.6) is 0 Å². The second kappa shape index (κ2) is 8.13. The lowest BCUT2D eigenvalue weighted by Crippen LogP contribution is -2.26. The fraction of sp³-hybridized carbons (Fsp3) is 0.281. The summed E-state index contributed by atoms with van der Waals surface area (Å²) < 4.78 is 14.4. The molecule has 0 unspecified atom stereocenters. The standard InChI is InChI=1S/C32H31NO/c1-21-13-14-27-29(19-21)34-31-26(16-15-25(30(27)31)22-9-5-4-6-10-22)28-20-24(17-18-33-28)32(2,3)23-11-7-8-12-23/h4-6,9-10,13-20,23H,7-8,11-12H2,1-3H3/i1D. The molecule has 0 N–H and O–H groups in total. The van der Waals surface area contributed by atoms with Gasteiger partial charge in [0.15, 0.2) is 0 Å². The second-order valence-corrected chi connectivity index (χ2v) is 10.3. The monoisotopic (exact) mass is 446 g/mol. The van der Waals surface area contributed by atoms with Crippen molar-refractivity contribution in [2.24, 2.45) is 5.92 Å². The fourth-order valence-electron chi connectivity index (χ4n) is 5.85. The molecule has 0 aliphatic heterocycles. The summed E-state index contributed by atoms with van der Waals surface area (Å²) in [5, 5.41) is 2.20. The van der Waals surface area contributed by atoms with Gasteiger partial charge >= 0.3 is 0 Å². The highest BCUT2D eigenvalue weighted by atomic mass is 16.3. The van der Waals surface area contributed by atoms with Crippen LogP contribution >= 0.6 is 0 Å². The van der Waals surface area contributed by atoms with E-state index in [1.807, 2.05) is 24.4 Å². The van der Waals surface area contributed by atoms with Gasteiger partial charge in [-0.2, -0.15) is 0 Å². The van der Waals surface area contributed by atoms with Gasteiger partial charge < -0.3 is 4.42 Å². The maximum Gasteiger partial charge on any atom is 0.145 e. The molecule has 2 heteroatoms. The van der Waals surface area contributed by atoms with Crippen LogP contribution in [0.3, 0.4) is 0 Å². The third-order valence-corrected chi connectivity index (χ3v) is 7.93. The van der Waals surface area contributed by atoms with Gasteiger partial charge in [0.1, 0.15) is 11.2 Å². The van der Waals surface area contributed by atoms with Gasteiger partial charge in [-0.25, -0.2) is 0 Å². The Morgan fingerprint density at radius 3 is 2.50 bits per heavy atom. The predicted octanol–water partition coefficient (Wildman–Crippen LogP) is 9.09. The van der Waals surface area contributed by atoms with Crippen molar-refractivity contribution in [1.82, 2.24) is 4.98 Å². The van der Waals surface area contributed by atoms with Crippen molar-refractivity contribution in [3.63, 3.8) is 0 Å². The van der Waals surface area contributed by atoms with Gasteiger partial charge in [-0.15, -0.1) is 0 Å². The maximum atomic E-state index is 7.81. The molecule has 3 aromatic carbocycles. The minimum Gasteiger partial charge on any atom is -0.455 e. The van der Waals surface area contributed by atoms with Gasteiger partial charge in [-0.05, 0) is 77.6 Å². The van der Waals surface area contributed by atoms with Crippen LogP contribution in [0.2, 0.25) is 0 Å². The summed E-state index contributed by atoms with van der Waals surface area (Å²) in [4.78, 5) is 4.82. The summed E-state index contributed by atoms with van der Waals surface area (Å²) in [6.45, 7) is 5.02. The van der Waals surface area contributed by atoms with Gasteiger partial charge in [0.25, 0.3) is 0 Å². The minimum absolute atomic E-state index is 0.119. The number of hydrogen-bond acceptors (Lipinski definition) is 2. The maximum absolute atomic E-state index is 7.81. The number of rotatable bonds is 4. The SMILES string of the molecule is [2H]Cc1ccc2c(c1)oc1c(-c3cc(C(C)(C)C4CCCC4)ccn3)ccc(-c3ccccc3)c12. The van der Waals surface area contributed by atoms with E-state index < -0.39 is 0 Å². The molecule has 1 aliphatic rings. The molecule has 0 amide bonds. The van der Waals surface area contributed by atoms with E-state index in [1.165, 1.54) is 36.8 Å². The second-order valence-electron chi connectivity index (χ2n) is 10.3. The molecule has 2 heterocycles. The van der Waals surface area contributed by atoms with Crippen LogP contribution < -0.4 is 0 Å². The summed E-state index contributed by atoms with van der Waals surface area (Å²) in [7, 11) is 0. The van der Waals surface area contributed by atoms with E-state index in [4.69, 9.17) is 10.8 Å². The van der Waals surface area contributed by atoms with E-state index >= 15 is 0 Å². The van der Waals surface area contributed by atoms with Gasteiger partial charge in [0.05, 0.1) is 5.69 Å². The molecule has 1 saturated carbocycles. The van der Waals surface area contributed by atoms with E-state index in [0.29, 0.717) is 5.92 Å². The molecule has 2 nitrogen and oxygen atoms in total. The zero-order valence-electron chi connectivity index (χ0n) is 21.0. The predicted molar refractivity (Wildman–Crippen MR) is 142 cm³/mol. The average Bonchev–Trinajstić information content (AvgIpc) is 3.57. The van der Waals surface area contributed by atoms with E-state index in [1.54, 1.807) is 0 Å². The molecule has 0 bridgehead atoms. The highest BCUT2D eigenvalue weighted by molar-refractivity contribution is 6.16. The molecule has 1 fully saturated rings. The van der Waals surface area contributed by atoms with Gasteiger partial charge in [-0.1, -0.05) is 75.2 Å². The topological polar surface area (TPSA) is 26.0 Å². The van der Waals surface area contributed by atoms with E-state index in [-0.39, 0.29) is 12.3 Å². The Hall–Kier alpha value is -3.39. The number of fused-ring (bicyclic) bond motifs is 3. The number of aryl methyl sites for hydroxylation is 1. The van der Waals surface area contributed by atoms with Gasteiger partial charge in [0, 0.05) is 23.9 Å². The summed E-state index contributed by atoms with van der Waals surface area (Å²) in [5.74, 6) is 0.715. The molecule has 34 heavy (non-hydrogen) atoms. The number of pyridine rings is 1. The average molecular weight is 447 g/mol. The number of nitrogens with zero attached hydrogens (tertiary/aromatic N) is 1. The molecular weight excluding hydrogens is 414 g/mol. The van der Waals surface area contributed by atoms with Crippen molar-refractivity contribution in [2.45, 2.75) is 51.8 Å². The zero-order chi connectivity index (χ0) is 24.0. The fourth-order valence-corrected chi connectivity index (χ4v) is 5.85. The summed E-state index contributed by atoms with van der Waals surface area (Å²) in [5.41, 5.74) is 8.42. The first-order valence-corrected chi connectivity index (χ1v) is 12.4. The molecule has 6 rings (SSSR count). The normalized spacial score (nSPS) is 15.3. The minimum atomic E-state index is 0.119. The molecule has 0 saturated heterocycles. The molecule has 0 atom stereocenters. The lowest BCUT2D eigenvalue weighted by molar-refractivity contribution is 0.325. The zero-order valence-corrected chi connectivity index (χ0v) is 20.0. The number of hydrogen-bond donors (Lipinski definition) is 0. The van der Waals surface area contributed by atoms with Crippen molar-refractivity contribution in [1.29, 1.82) is 0 Å². The van der Waals surface area contributed by atoms with Crippen molar-refractivity contribution in [3.05, 3.63) is 90.1 Å². The Morgan fingerprint density at radius 1 is 0.912 bits per heavy atom. The first-order chi connectivity index (χ1) is 17.1. The lowest BCUT2D eigenvalue weighted by atomic mass is 9.72. The van der Waals surface area contributed by atoms with Gasteiger partial charge in [-0.3, -0.25) is 4.98 Å². The van der Waals surface area contributed by atoms with Crippen molar-refractivity contribution in [2.75, 3.05) is 0 Å². The number of benzene rings is 3. The first-order valence-electron chi connectivity index (χ1n) is 13.1. The molecule has 1 aliphatic carbocycles. The van der Waals surface area contributed by atoms with Crippen molar-refractivity contribution < 1.29 is 5.79 Å². The van der Waals surface area contributed by atoms with Crippen LogP contribution in [-0.4, -0.2) is 4.98 Å². The van der Waals surface area contributed by atoms with E-state index in [0.717, 1.165) is 44.3 Å². The van der Waals surface area contributed by atoms with Crippen LogP contribution in [0, 0.1) is 12.8 Å². The highest BCUT2D eigenvalue weighted by Gasteiger charge is 2.33. The summed E-state index contributed by atoms with van der Waals surface area (Å²) in [6, 6.07) is 25.5. The lowest BCUT2D eigenvalue weighted by Gasteiger charge is -2.32. The van der Waals surface area contributed by atoms with Crippen LogP contribution in [0.1, 0.15) is 52.0 Å². The largest absolute Gasteiger partial charge is 0.455 e. The number of furan rings is 1. The molecular formula is C32H31NO. The smallest absolute Gasteiger partial charge is 0.145 e. The third-order valence-electron chi connectivity index (χ3n) is 7.93. The summed E-state index contributed by atoms with van der Waals surface area (Å²) >= 11 is 0. The van der Waals surface area contributed by atoms with Crippen LogP contribution in [0.15, 0.2) is 83.4 Å². The Morgan fingerprint density at radius 2 is 1.71 bits per heavy atom. The Kier molecular flexibility index (Phi) is 4.79. The quantitative estimate of drug-likeness (QED) is 0.275. The van der Waals surface area contributed by atoms with Crippen LogP contribution in [0.25, 0.3) is 44.3 Å². The molecule has 0 spiro atoms. The van der Waals surface area contributed by atoms with E-state index in [9.17, 15) is 0 Å². The molecule has 5 aromatic rings. The molecule has 2 aromatic heterocycles. The molecule has 0 radical (unpaired) electrons. The first kappa shape index (κ1) is 20.0. The van der Waals surface area contributed by atoms with Crippen LogP contribution in [-0.2, 0) is 5.41 Å². The van der Waals surface area contributed by atoms with Crippen molar-refractivity contribution >= 4 is 21.9 Å². The number of aromatic nitrogens is 1.